The van der Waals surface area contributed by atoms with Crippen LogP contribution in [-0.2, 0) is 6.42 Å². The van der Waals surface area contributed by atoms with Crippen LogP contribution in [0.4, 0.5) is 4.39 Å². The van der Waals surface area contributed by atoms with E-state index in [0.717, 1.165) is 0 Å². The molecule has 0 amide bonds. The highest BCUT2D eigenvalue weighted by atomic mass is 19.1. The molecule has 2 unspecified atom stereocenters. The second-order valence-electron chi connectivity index (χ2n) is 4.35. The normalized spacial score (nSPS) is 14.4. The zero-order valence-corrected chi connectivity index (χ0v) is 10.3. The number of aromatic nitrogens is 2. The molecule has 1 aromatic carbocycles. The van der Waals surface area contributed by atoms with Gasteiger partial charge in [0.15, 0.2) is 5.82 Å². The number of nitrogens with zero attached hydrogens (tertiary/aromatic N) is 2. The third kappa shape index (κ3) is 2.73. The second-order valence-corrected chi connectivity index (χ2v) is 4.35. The monoisotopic (exact) mass is 250 g/mol. The van der Waals surface area contributed by atoms with Crippen molar-refractivity contribution in [3.63, 3.8) is 0 Å². The molecular formula is C13H15FN2O2. The van der Waals surface area contributed by atoms with E-state index < -0.39 is 6.10 Å². The van der Waals surface area contributed by atoms with Crippen molar-refractivity contribution in [3.8, 4) is 0 Å². The molecule has 0 spiro atoms. The fraction of sp³-hybridized carbons (Fsp3) is 0.385. The van der Waals surface area contributed by atoms with Gasteiger partial charge in [-0.25, -0.2) is 4.39 Å². The van der Waals surface area contributed by atoms with Crippen LogP contribution in [0.1, 0.15) is 37.0 Å². The van der Waals surface area contributed by atoms with Crippen LogP contribution >= 0.6 is 0 Å². The Morgan fingerprint density at radius 3 is 2.72 bits per heavy atom. The summed E-state index contributed by atoms with van der Waals surface area (Å²) in [6.07, 6.45) is -0.283. The van der Waals surface area contributed by atoms with Crippen molar-refractivity contribution in [2.24, 2.45) is 0 Å². The van der Waals surface area contributed by atoms with Gasteiger partial charge in [-0.3, -0.25) is 0 Å². The van der Waals surface area contributed by atoms with Crippen molar-refractivity contribution >= 4 is 0 Å². The fourth-order valence-electron chi connectivity index (χ4n) is 1.54. The SMILES string of the molecule is CC(O)C(C)c1nc(Cc2ccccc2F)no1. The van der Waals surface area contributed by atoms with Crippen LogP contribution < -0.4 is 0 Å². The minimum atomic E-state index is -0.563. The topological polar surface area (TPSA) is 59.2 Å². The number of aliphatic hydroxyl groups is 1. The molecule has 0 radical (unpaired) electrons. The van der Waals surface area contributed by atoms with E-state index in [4.69, 9.17) is 4.52 Å². The first-order valence-corrected chi connectivity index (χ1v) is 5.82. The highest BCUT2D eigenvalue weighted by Crippen LogP contribution is 2.18. The van der Waals surface area contributed by atoms with Gasteiger partial charge in [-0.2, -0.15) is 4.98 Å². The van der Waals surface area contributed by atoms with Crippen LogP contribution in [-0.4, -0.2) is 21.4 Å². The summed E-state index contributed by atoms with van der Waals surface area (Å²) in [5, 5.41) is 13.2. The smallest absolute Gasteiger partial charge is 0.232 e. The summed E-state index contributed by atoms with van der Waals surface area (Å²) >= 11 is 0. The molecule has 1 N–H and O–H groups in total. The third-order valence-electron chi connectivity index (χ3n) is 2.90. The van der Waals surface area contributed by atoms with E-state index in [1.807, 2.05) is 0 Å². The highest BCUT2D eigenvalue weighted by molar-refractivity contribution is 5.20. The largest absolute Gasteiger partial charge is 0.393 e. The zero-order chi connectivity index (χ0) is 13.1. The van der Waals surface area contributed by atoms with Gasteiger partial charge in [-0.05, 0) is 18.6 Å². The molecule has 0 aliphatic rings. The van der Waals surface area contributed by atoms with E-state index in [1.54, 1.807) is 32.0 Å². The summed E-state index contributed by atoms with van der Waals surface area (Å²) in [7, 11) is 0. The molecule has 0 saturated carbocycles. The number of aliphatic hydroxyl groups excluding tert-OH is 1. The second kappa shape index (κ2) is 5.27. The first-order valence-electron chi connectivity index (χ1n) is 5.82. The van der Waals surface area contributed by atoms with Crippen molar-refractivity contribution in [2.75, 3.05) is 0 Å². The van der Waals surface area contributed by atoms with E-state index in [1.165, 1.54) is 6.07 Å². The summed E-state index contributed by atoms with van der Waals surface area (Å²) in [5.41, 5.74) is 0.523. The zero-order valence-electron chi connectivity index (χ0n) is 10.3. The van der Waals surface area contributed by atoms with Crippen LogP contribution in [0.3, 0.4) is 0 Å². The van der Waals surface area contributed by atoms with Crippen LogP contribution in [0.5, 0.6) is 0 Å². The molecule has 96 valence electrons. The van der Waals surface area contributed by atoms with Gasteiger partial charge in [0.25, 0.3) is 0 Å². The molecule has 1 heterocycles. The van der Waals surface area contributed by atoms with E-state index in [0.29, 0.717) is 17.3 Å². The van der Waals surface area contributed by atoms with Gasteiger partial charge in [-0.15, -0.1) is 0 Å². The maximum atomic E-state index is 13.4. The minimum absolute atomic E-state index is 0.230. The number of hydrogen-bond acceptors (Lipinski definition) is 4. The van der Waals surface area contributed by atoms with Crippen molar-refractivity contribution < 1.29 is 14.0 Å². The van der Waals surface area contributed by atoms with Crippen LogP contribution in [0.25, 0.3) is 0 Å². The van der Waals surface area contributed by atoms with Crippen LogP contribution in [0, 0.1) is 5.82 Å². The van der Waals surface area contributed by atoms with Crippen LogP contribution in [0.2, 0.25) is 0 Å². The summed E-state index contributed by atoms with van der Waals surface area (Å²) in [5.74, 6) is 0.276. The molecule has 0 bridgehead atoms. The van der Waals surface area contributed by atoms with Crippen LogP contribution in [0.15, 0.2) is 28.8 Å². The molecule has 0 fully saturated rings. The Balaban J connectivity index is 2.14. The standard InChI is InChI=1S/C13H15FN2O2/c1-8(9(2)17)13-15-12(16-18-13)7-10-5-3-4-6-11(10)14/h3-6,8-9,17H,7H2,1-2H3. The molecule has 5 heteroatoms. The molecule has 1 aromatic heterocycles. The lowest BCUT2D eigenvalue weighted by molar-refractivity contribution is 0.151. The van der Waals surface area contributed by atoms with Gasteiger partial charge in [0.1, 0.15) is 5.82 Å². The Kier molecular flexibility index (Phi) is 3.72. The Morgan fingerprint density at radius 1 is 1.33 bits per heavy atom. The molecule has 0 aliphatic heterocycles. The molecule has 18 heavy (non-hydrogen) atoms. The van der Waals surface area contributed by atoms with Gasteiger partial charge in [0, 0.05) is 6.42 Å². The fourth-order valence-corrected chi connectivity index (χ4v) is 1.54. The predicted molar refractivity (Wildman–Crippen MR) is 63.6 cm³/mol. The number of rotatable bonds is 4. The number of benzene rings is 1. The van der Waals surface area contributed by atoms with Crippen molar-refractivity contribution in [1.29, 1.82) is 0 Å². The van der Waals surface area contributed by atoms with Gasteiger partial charge >= 0.3 is 0 Å². The van der Waals surface area contributed by atoms with E-state index in [-0.39, 0.29) is 18.2 Å². The van der Waals surface area contributed by atoms with Gasteiger partial charge in [-0.1, -0.05) is 30.3 Å². The Hall–Kier alpha value is -1.75. The average Bonchev–Trinajstić information content (AvgIpc) is 2.79. The van der Waals surface area contributed by atoms with Crippen molar-refractivity contribution in [1.82, 2.24) is 10.1 Å². The highest BCUT2D eigenvalue weighted by Gasteiger charge is 2.19. The summed E-state index contributed by atoms with van der Waals surface area (Å²) in [6, 6.07) is 6.48. The average molecular weight is 250 g/mol. The van der Waals surface area contributed by atoms with E-state index in [9.17, 15) is 9.50 Å². The summed E-state index contributed by atoms with van der Waals surface area (Å²) in [6.45, 7) is 3.45. The first-order chi connectivity index (χ1) is 8.58. The number of hydrogen-bond donors (Lipinski definition) is 1. The summed E-state index contributed by atoms with van der Waals surface area (Å²) in [4.78, 5) is 4.16. The van der Waals surface area contributed by atoms with E-state index >= 15 is 0 Å². The lowest BCUT2D eigenvalue weighted by Gasteiger charge is -2.08. The Labute approximate surface area is 104 Å². The maximum Gasteiger partial charge on any atom is 0.232 e. The molecule has 2 aromatic rings. The molecule has 4 nitrogen and oxygen atoms in total. The lowest BCUT2D eigenvalue weighted by Crippen LogP contribution is -2.11. The molecule has 2 atom stereocenters. The van der Waals surface area contributed by atoms with Gasteiger partial charge in [0.2, 0.25) is 5.89 Å². The van der Waals surface area contributed by atoms with Crippen molar-refractivity contribution in [2.45, 2.75) is 32.3 Å². The maximum absolute atomic E-state index is 13.4. The van der Waals surface area contributed by atoms with Crippen molar-refractivity contribution in [3.05, 3.63) is 47.4 Å². The quantitative estimate of drug-likeness (QED) is 0.904. The van der Waals surface area contributed by atoms with Gasteiger partial charge < -0.3 is 9.63 Å². The number of halogens is 1. The van der Waals surface area contributed by atoms with Gasteiger partial charge in [0.05, 0.1) is 12.0 Å². The Morgan fingerprint density at radius 2 is 2.06 bits per heavy atom. The lowest BCUT2D eigenvalue weighted by atomic mass is 10.1. The molecule has 0 aliphatic carbocycles. The summed E-state index contributed by atoms with van der Waals surface area (Å²) < 4.78 is 18.5. The minimum Gasteiger partial charge on any atom is -0.393 e. The molecule has 0 saturated heterocycles. The predicted octanol–water partition coefficient (Wildman–Crippen LogP) is 2.28. The molecule has 2 rings (SSSR count). The third-order valence-corrected chi connectivity index (χ3v) is 2.90. The molecular weight excluding hydrogens is 235 g/mol. The Bertz CT molecular complexity index is 525. The van der Waals surface area contributed by atoms with E-state index in [2.05, 4.69) is 10.1 Å². The first kappa shape index (κ1) is 12.7.